The molecule has 0 bridgehead atoms. The third-order valence-electron chi connectivity index (χ3n) is 7.62. The van der Waals surface area contributed by atoms with Crippen molar-refractivity contribution in [1.82, 2.24) is 4.98 Å². The Balaban J connectivity index is 1.38. The summed E-state index contributed by atoms with van der Waals surface area (Å²) >= 11 is 14.1. The van der Waals surface area contributed by atoms with Gasteiger partial charge in [0.1, 0.15) is 10.5 Å². The number of furan rings is 1. The minimum absolute atomic E-state index is 0.0984. The van der Waals surface area contributed by atoms with Crippen LogP contribution in [0, 0.1) is 5.41 Å². The first kappa shape index (κ1) is 29.7. The molecule has 2 heterocycles. The van der Waals surface area contributed by atoms with Gasteiger partial charge in [-0.2, -0.15) is 11.8 Å². The van der Waals surface area contributed by atoms with Crippen molar-refractivity contribution in [1.29, 1.82) is 0 Å². The van der Waals surface area contributed by atoms with Gasteiger partial charge in [-0.3, -0.25) is 4.79 Å². The molecule has 4 aromatic rings. The molecular weight excluding hydrogens is 577 g/mol. The quantitative estimate of drug-likeness (QED) is 0.166. The Labute approximate surface area is 254 Å². The summed E-state index contributed by atoms with van der Waals surface area (Å²) in [5.41, 5.74) is 5.09. The molecule has 1 atom stereocenters. The number of thioether (sulfide) groups is 1. The zero-order chi connectivity index (χ0) is 29.2. The molecule has 1 unspecified atom stereocenters. The van der Waals surface area contributed by atoms with Crippen LogP contribution in [0.15, 0.2) is 65.1 Å². The number of rotatable bonds is 12. The lowest BCUT2D eigenvalue weighted by Gasteiger charge is -2.24. The second kappa shape index (κ2) is 12.2. The number of aromatic nitrogens is 1. The van der Waals surface area contributed by atoms with Crippen LogP contribution < -0.4 is 0 Å². The number of hydrogen-bond acceptors (Lipinski definition) is 5. The first-order valence-electron chi connectivity index (χ1n) is 13.7. The summed E-state index contributed by atoms with van der Waals surface area (Å²) in [6, 6.07) is 20.2. The Kier molecular flexibility index (Phi) is 8.86. The maximum Gasteiger partial charge on any atom is 0.303 e. The molecule has 5 nitrogen and oxygen atoms in total. The molecule has 2 aromatic heterocycles. The van der Waals surface area contributed by atoms with E-state index in [2.05, 4.69) is 35.3 Å². The van der Waals surface area contributed by atoms with E-state index in [4.69, 9.17) is 27.6 Å². The molecule has 8 heteroatoms. The van der Waals surface area contributed by atoms with Gasteiger partial charge >= 0.3 is 5.97 Å². The molecule has 1 aliphatic carbocycles. The minimum Gasteiger partial charge on any atom is -0.481 e. The highest BCUT2D eigenvalue weighted by Gasteiger charge is 2.44. The van der Waals surface area contributed by atoms with Gasteiger partial charge in [-0.15, -0.1) is 0 Å². The van der Waals surface area contributed by atoms with Crippen LogP contribution in [0.25, 0.3) is 23.3 Å². The second-order valence-electron chi connectivity index (χ2n) is 11.4. The van der Waals surface area contributed by atoms with Crippen molar-refractivity contribution in [2.24, 2.45) is 5.41 Å². The number of benzene rings is 2. The van der Waals surface area contributed by atoms with Crippen LogP contribution in [-0.4, -0.2) is 26.9 Å². The molecule has 1 aliphatic rings. The van der Waals surface area contributed by atoms with E-state index in [9.17, 15) is 15.0 Å². The molecule has 1 fully saturated rings. The standard InChI is InChI=1S/C33H33Cl2NO4S/c1-32(2,39)25-9-4-3-7-22(25)11-15-27(41-20-33(16-17-33)19-28(37)38)23-8-5-6-21(18-23)10-12-24-13-14-26-30(36-24)29(34)31(35)40-26/h3-10,12-14,18,27,39H,11,15-17,19-20H2,1-2H3,(H,37,38)/b12-10+. The summed E-state index contributed by atoms with van der Waals surface area (Å²) in [5, 5.41) is 20.8. The van der Waals surface area contributed by atoms with Crippen LogP contribution in [0.5, 0.6) is 0 Å². The molecule has 0 radical (unpaired) electrons. The highest BCUT2D eigenvalue weighted by Crippen LogP contribution is 2.53. The van der Waals surface area contributed by atoms with Gasteiger partial charge in [0.2, 0.25) is 5.22 Å². The first-order valence-corrected chi connectivity index (χ1v) is 15.5. The third kappa shape index (κ3) is 7.36. The van der Waals surface area contributed by atoms with Crippen molar-refractivity contribution in [2.75, 3.05) is 5.75 Å². The highest BCUT2D eigenvalue weighted by atomic mass is 35.5. The van der Waals surface area contributed by atoms with Crippen LogP contribution in [-0.2, 0) is 16.8 Å². The zero-order valence-electron chi connectivity index (χ0n) is 23.1. The van der Waals surface area contributed by atoms with E-state index in [0.29, 0.717) is 16.1 Å². The number of aryl methyl sites for hydroxylation is 1. The number of pyridine rings is 1. The van der Waals surface area contributed by atoms with Crippen LogP contribution in [0.3, 0.4) is 0 Å². The number of aliphatic carboxylic acids is 1. The molecule has 0 amide bonds. The molecule has 1 saturated carbocycles. The number of nitrogens with zero attached hydrogens (tertiary/aromatic N) is 1. The maximum atomic E-state index is 11.5. The van der Waals surface area contributed by atoms with Crippen molar-refractivity contribution < 1.29 is 19.4 Å². The number of hydrogen-bond donors (Lipinski definition) is 2. The lowest BCUT2D eigenvalue weighted by Crippen LogP contribution is -2.18. The summed E-state index contributed by atoms with van der Waals surface area (Å²) < 4.78 is 5.41. The fraction of sp³-hybridized carbons (Fsp3) is 0.333. The van der Waals surface area contributed by atoms with Gasteiger partial charge in [0.15, 0.2) is 5.58 Å². The van der Waals surface area contributed by atoms with Crippen molar-refractivity contribution in [3.05, 3.63) is 98.9 Å². The second-order valence-corrected chi connectivity index (χ2v) is 13.3. The molecule has 5 rings (SSSR count). The van der Waals surface area contributed by atoms with Crippen LogP contribution in [0.1, 0.15) is 72.7 Å². The topological polar surface area (TPSA) is 83.6 Å². The van der Waals surface area contributed by atoms with Gasteiger partial charge in [-0.25, -0.2) is 4.98 Å². The summed E-state index contributed by atoms with van der Waals surface area (Å²) in [4.78, 5) is 16.0. The number of carboxylic acids is 1. The molecule has 0 saturated heterocycles. The zero-order valence-corrected chi connectivity index (χ0v) is 25.4. The predicted octanol–water partition coefficient (Wildman–Crippen LogP) is 9.19. The lowest BCUT2D eigenvalue weighted by molar-refractivity contribution is -0.138. The van der Waals surface area contributed by atoms with Crippen molar-refractivity contribution in [2.45, 2.75) is 56.8 Å². The number of aliphatic hydroxyl groups is 1. The average Bonchev–Trinajstić information content (AvgIpc) is 3.63. The Bertz CT molecular complexity index is 1590. The molecular formula is C33H33Cl2NO4S. The van der Waals surface area contributed by atoms with Crippen molar-refractivity contribution in [3.63, 3.8) is 0 Å². The normalized spacial score (nSPS) is 15.4. The van der Waals surface area contributed by atoms with E-state index in [1.165, 1.54) is 5.56 Å². The van der Waals surface area contributed by atoms with Gasteiger partial charge in [-0.1, -0.05) is 66.2 Å². The lowest BCUT2D eigenvalue weighted by atomic mass is 9.90. The predicted molar refractivity (Wildman–Crippen MR) is 169 cm³/mol. The average molecular weight is 611 g/mol. The number of carbonyl (C=O) groups is 1. The molecule has 2 aromatic carbocycles. The number of fused-ring (bicyclic) bond motifs is 1. The number of carboxylic acid groups (broad SMARTS) is 1. The Hall–Kier alpha value is -2.77. The molecule has 214 valence electrons. The van der Waals surface area contributed by atoms with E-state index < -0.39 is 11.6 Å². The molecule has 41 heavy (non-hydrogen) atoms. The van der Waals surface area contributed by atoms with Gasteiger partial charge in [0.05, 0.1) is 17.7 Å². The minimum atomic E-state index is -0.924. The van der Waals surface area contributed by atoms with Crippen LogP contribution in [0.2, 0.25) is 10.2 Å². The molecule has 2 N–H and O–H groups in total. The first-order chi connectivity index (χ1) is 19.5. The summed E-state index contributed by atoms with van der Waals surface area (Å²) in [6.45, 7) is 3.64. The van der Waals surface area contributed by atoms with E-state index in [-0.39, 0.29) is 22.3 Å². The third-order valence-corrected chi connectivity index (χ3v) is 10.0. The fourth-order valence-electron chi connectivity index (χ4n) is 5.19. The van der Waals surface area contributed by atoms with E-state index in [1.54, 1.807) is 6.07 Å². The van der Waals surface area contributed by atoms with E-state index >= 15 is 0 Å². The summed E-state index contributed by atoms with van der Waals surface area (Å²) in [7, 11) is 0. The van der Waals surface area contributed by atoms with Gasteiger partial charge in [-0.05, 0) is 97.0 Å². The highest BCUT2D eigenvalue weighted by molar-refractivity contribution is 7.99. The summed E-state index contributed by atoms with van der Waals surface area (Å²) in [6.07, 6.45) is 7.78. The smallest absolute Gasteiger partial charge is 0.303 e. The van der Waals surface area contributed by atoms with Crippen molar-refractivity contribution >= 4 is 64.2 Å². The van der Waals surface area contributed by atoms with E-state index in [0.717, 1.165) is 53.8 Å². The maximum absolute atomic E-state index is 11.5. The van der Waals surface area contributed by atoms with Gasteiger partial charge in [0, 0.05) is 11.0 Å². The summed E-state index contributed by atoms with van der Waals surface area (Å²) in [5.74, 6) is 0.0893. The van der Waals surface area contributed by atoms with Gasteiger partial charge < -0.3 is 14.6 Å². The SMILES string of the molecule is CC(C)(O)c1ccccc1CCC(SCC1(CC(=O)O)CC1)c1cccc(/C=C/c2ccc3oc(Cl)c(Cl)c3n2)c1. The Morgan fingerprint density at radius 3 is 2.63 bits per heavy atom. The van der Waals surface area contributed by atoms with Crippen molar-refractivity contribution in [3.8, 4) is 0 Å². The Morgan fingerprint density at radius 2 is 1.90 bits per heavy atom. The largest absolute Gasteiger partial charge is 0.481 e. The van der Waals surface area contributed by atoms with Gasteiger partial charge in [0.25, 0.3) is 0 Å². The molecule has 0 spiro atoms. The Morgan fingerprint density at radius 1 is 1.12 bits per heavy atom. The monoisotopic (exact) mass is 609 g/mol. The molecule has 0 aliphatic heterocycles. The van der Waals surface area contributed by atoms with Crippen LogP contribution >= 0.6 is 35.0 Å². The fourth-order valence-corrected chi connectivity index (χ4v) is 7.10. The number of halogens is 2. The van der Waals surface area contributed by atoms with Crippen LogP contribution in [0.4, 0.5) is 0 Å². The van der Waals surface area contributed by atoms with E-state index in [1.807, 2.05) is 62.0 Å².